The molecule has 0 aromatic carbocycles. The van der Waals surface area contributed by atoms with Crippen molar-refractivity contribution in [1.29, 1.82) is 0 Å². The number of carbonyl (C=O) groups excluding carboxylic acids is 1. The van der Waals surface area contributed by atoms with Crippen LogP contribution in [0.4, 0.5) is 5.82 Å². The van der Waals surface area contributed by atoms with E-state index in [1.165, 1.54) is 17.3 Å². The normalized spacial score (nSPS) is 19.8. The van der Waals surface area contributed by atoms with Gasteiger partial charge in [-0.05, 0) is 12.8 Å². The van der Waals surface area contributed by atoms with Crippen molar-refractivity contribution in [3.05, 3.63) is 18.1 Å². The molecule has 1 unspecified atom stereocenters. The predicted molar refractivity (Wildman–Crippen MR) is 84.6 cm³/mol. The van der Waals surface area contributed by atoms with Crippen molar-refractivity contribution in [2.75, 3.05) is 30.4 Å². The molecule has 0 radical (unpaired) electrons. The third kappa shape index (κ3) is 4.16. The van der Waals surface area contributed by atoms with E-state index in [1.807, 2.05) is 0 Å². The predicted octanol–water partition coefficient (Wildman–Crippen LogP) is 0.948. The molecule has 1 amide bonds. The minimum absolute atomic E-state index is 0.0271. The summed E-state index contributed by atoms with van der Waals surface area (Å²) in [6, 6.07) is -0.276. The summed E-state index contributed by atoms with van der Waals surface area (Å²) in [4.78, 5) is 22.1. The zero-order valence-electron chi connectivity index (χ0n) is 12.9. The third-order valence-corrected chi connectivity index (χ3v) is 5.53. The number of sulfone groups is 1. The monoisotopic (exact) mass is 326 g/mol. The molecule has 0 bridgehead atoms. The topological polar surface area (TPSA) is 92.3 Å². The van der Waals surface area contributed by atoms with E-state index in [1.54, 1.807) is 7.05 Å². The van der Waals surface area contributed by atoms with Crippen LogP contribution in [-0.2, 0) is 9.84 Å². The van der Waals surface area contributed by atoms with Gasteiger partial charge in [-0.25, -0.2) is 18.4 Å². The van der Waals surface area contributed by atoms with E-state index < -0.39 is 9.84 Å². The maximum atomic E-state index is 12.3. The number of nitrogens with one attached hydrogen (secondary N) is 1. The van der Waals surface area contributed by atoms with Crippen LogP contribution in [0, 0.1) is 0 Å². The van der Waals surface area contributed by atoms with Gasteiger partial charge in [-0.3, -0.25) is 4.79 Å². The molecule has 1 aliphatic heterocycles. The number of anilines is 1. The highest BCUT2D eigenvalue weighted by Crippen LogP contribution is 2.18. The zero-order valence-corrected chi connectivity index (χ0v) is 13.8. The van der Waals surface area contributed by atoms with Gasteiger partial charge in [0.2, 0.25) is 0 Å². The van der Waals surface area contributed by atoms with E-state index in [-0.39, 0.29) is 29.1 Å². The van der Waals surface area contributed by atoms with Crippen LogP contribution in [-0.4, -0.2) is 60.3 Å². The van der Waals surface area contributed by atoms with Gasteiger partial charge in [0, 0.05) is 19.6 Å². The second kappa shape index (κ2) is 7.04. The van der Waals surface area contributed by atoms with Gasteiger partial charge in [0.05, 0.1) is 23.9 Å². The summed E-state index contributed by atoms with van der Waals surface area (Å²) in [7, 11) is -1.40. The van der Waals surface area contributed by atoms with Crippen LogP contribution in [0.2, 0.25) is 0 Å². The number of hydrogen-bond donors (Lipinski definition) is 1. The Morgan fingerprint density at radius 3 is 2.73 bits per heavy atom. The average molecular weight is 326 g/mol. The van der Waals surface area contributed by atoms with Gasteiger partial charge < -0.3 is 10.2 Å². The molecule has 0 saturated carbocycles. The van der Waals surface area contributed by atoms with Crippen LogP contribution >= 0.6 is 0 Å². The first-order chi connectivity index (χ1) is 10.4. The molecular weight excluding hydrogens is 304 g/mol. The quantitative estimate of drug-likeness (QED) is 0.782. The summed E-state index contributed by atoms with van der Waals surface area (Å²) in [5.74, 6) is 0.506. The highest BCUT2D eigenvalue weighted by molar-refractivity contribution is 7.91. The molecule has 0 aliphatic carbocycles. The Hall–Kier alpha value is -1.70. The lowest BCUT2D eigenvalue weighted by Gasteiger charge is -2.22. The van der Waals surface area contributed by atoms with E-state index in [0.717, 1.165) is 19.4 Å². The fourth-order valence-electron chi connectivity index (χ4n) is 2.35. The molecule has 1 aromatic heterocycles. The maximum absolute atomic E-state index is 12.3. The average Bonchev–Trinajstić information content (AvgIpc) is 2.87. The van der Waals surface area contributed by atoms with Crippen molar-refractivity contribution in [3.63, 3.8) is 0 Å². The summed E-state index contributed by atoms with van der Waals surface area (Å²) >= 11 is 0. The largest absolute Gasteiger partial charge is 0.369 e. The molecule has 22 heavy (non-hydrogen) atoms. The van der Waals surface area contributed by atoms with Crippen molar-refractivity contribution in [1.82, 2.24) is 14.9 Å². The minimum Gasteiger partial charge on any atom is -0.369 e. The molecule has 1 fully saturated rings. The minimum atomic E-state index is -3.02. The number of nitrogens with zero attached hydrogens (tertiary/aromatic N) is 3. The Balaban J connectivity index is 1.97. The van der Waals surface area contributed by atoms with E-state index >= 15 is 0 Å². The Bertz CT molecular complexity index is 615. The number of rotatable bonds is 6. The fraction of sp³-hybridized carbons (Fsp3) is 0.643. The van der Waals surface area contributed by atoms with Crippen LogP contribution in [0.5, 0.6) is 0 Å². The third-order valence-electron chi connectivity index (χ3n) is 3.78. The summed E-state index contributed by atoms with van der Waals surface area (Å²) in [5, 5.41) is 3.13. The molecule has 2 heterocycles. The second-order valence-electron chi connectivity index (χ2n) is 5.54. The smallest absolute Gasteiger partial charge is 0.274 e. The van der Waals surface area contributed by atoms with Crippen molar-refractivity contribution < 1.29 is 13.2 Å². The number of carbonyl (C=O) groups is 1. The Kier molecular flexibility index (Phi) is 5.33. The molecule has 2 rings (SSSR count). The molecule has 1 atom stereocenters. The summed E-state index contributed by atoms with van der Waals surface area (Å²) < 4.78 is 23.0. The summed E-state index contributed by atoms with van der Waals surface area (Å²) in [6.07, 6.45) is 5.57. The molecule has 1 N–H and O–H groups in total. The van der Waals surface area contributed by atoms with Gasteiger partial charge in [-0.2, -0.15) is 0 Å². The fourth-order valence-corrected chi connectivity index (χ4v) is 4.12. The van der Waals surface area contributed by atoms with Gasteiger partial charge in [0.25, 0.3) is 5.91 Å². The maximum Gasteiger partial charge on any atom is 0.274 e. The summed E-state index contributed by atoms with van der Waals surface area (Å²) in [6.45, 7) is 2.92. The highest BCUT2D eigenvalue weighted by atomic mass is 32.2. The van der Waals surface area contributed by atoms with Crippen molar-refractivity contribution >= 4 is 21.6 Å². The highest BCUT2D eigenvalue weighted by Gasteiger charge is 2.33. The van der Waals surface area contributed by atoms with Gasteiger partial charge in [0.1, 0.15) is 11.5 Å². The Morgan fingerprint density at radius 1 is 1.41 bits per heavy atom. The molecule has 1 aromatic rings. The van der Waals surface area contributed by atoms with Crippen LogP contribution in [0.3, 0.4) is 0 Å². The van der Waals surface area contributed by atoms with Crippen molar-refractivity contribution in [2.24, 2.45) is 0 Å². The number of hydrogen-bond acceptors (Lipinski definition) is 6. The summed E-state index contributed by atoms with van der Waals surface area (Å²) in [5.41, 5.74) is 0.229. The lowest BCUT2D eigenvalue weighted by Crippen LogP contribution is -2.38. The van der Waals surface area contributed by atoms with Crippen LogP contribution in [0.1, 0.15) is 36.7 Å². The van der Waals surface area contributed by atoms with Crippen LogP contribution in [0.25, 0.3) is 0 Å². The number of amides is 1. The molecule has 7 nitrogen and oxygen atoms in total. The molecule has 122 valence electrons. The van der Waals surface area contributed by atoms with Gasteiger partial charge in [0.15, 0.2) is 9.84 Å². The lowest BCUT2D eigenvalue weighted by atomic mass is 10.2. The van der Waals surface area contributed by atoms with E-state index in [9.17, 15) is 13.2 Å². The van der Waals surface area contributed by atoms with Crippen molar-refractivity contribution in [2.45, 2.75) is 32.2 Å². The Morgan fingerprint density at radius 2 is 2.18 bits per heavy atom. The zero-order chi connectivity index (χ0) is 16.2. The van der Waals surface area contributed by atoms with Crippen LogP contribution in [0.15, 0.2) is 12.4 Å². The molecule has 0 spiro atoms. The first-order valence-corrected chi connectivity index (χ1v) is 9.28. The molecule has 1 saturated heterocycles. The number of aromatic nitrogens is 2. The van der Waals surface area contributed by atoms with Gasteiger partial charge in [-0.1, -0.05) is 13.3 Å². The van der Waals surface area contributed by atoms with E-state index in [2.05, 4.69) is 22.2 Å². The number of unbranched alkanes of at least 4 members (excludes halogenated alkanes) is 1. The molecular formula is C14H22N4O3S. The Labute approximate surface area is 131 Å². The standard InChI is InChI=1S/C14H22N4O3S/c1-3-4-6-15-13-9-16-12(8-17-13)14(19)18(2)11-5-7-22(20,21)10-11/h8-9,11H,3-7,10H2,1-2H3,(H,15,17). The molecule has 1 aliphatic rings. The van der Waals surface area contributed by atoms with E-state index in [4.69, 9.17) is 0 Å². The van der Waals surface area contributed by atoms with Gasteiger partial charge >= 0.3 is 0 Å². The lowest BCUT2D eigenvalue weighted by molar-refractivity contribution is 0.0741. The SMILES string of the molecule is CCCCNc1cnc(C(=O)N(C)C2CCS(=O)(=O)C2)cn1. The first-order valence-electron chi connectivity index (χ1n) is 7.46. The van der Waals surface area contributed by atoms with Crippen molar-refractivity contribution in [3.8, 4) is 0 Å². The second-order valence-corrected chi connectivity index (χ2v) is 7.77. The molecule has 8 heteroatoms. The van der Waals surface area contributed by atoms with Crippen LogP contribution < -0.4 is 5.32 Å². The first kappa shape index (κ1) is 16.7. The van der Waals surface area contributed by atoms with Gasteiger partial charge in [-0.15, -0.1) is 0 Å². The van der Waals surface area contributed by atoms with E-state index in [0.29, 0.717) is 12.2 Å².